The smallest absolute Gasteiger partial charge is 0.253 e. The van der Waals surface area contributed by atoms with E-state index in [0.29, 0.717) is 25.2 Å². The van der Waals surface area contributed by atoms with Crippen LogP contribution < -0.4 is 5.32 Å². The zero-order chi connectivity index (χ0) is 19.2. The van der Waals surface area contributed by atoms with Gasteiger partial charge in [-0.15, -0.1) is 12.4 Å². The summed E-state index contributed by atoms with van der Waals surface area (Å²) >= 11 is 0. The molecule has 0 aliphatic carbocycles. The van der Waals surface area contributed by atoms with Gasteiger partial charge in [-0.25, -0.2) is 8.42 Å². The van der Waals surface area contributed by atoms with Crippen molar-refractivity contribution in [2.75, 3.05) is 32.7 Å². The third-order valence-electron chi connectivity index (χ3n) is 4.92. The van der Waals surface area contributed by atoms with E-state index in [-0.39, 0.29) is 29.3 Å². The molecule has 1 saturated heterocycles. The van der Waals surface area contributed by atoms with Crippen molar-refractivity contribution in [3.63, 3.8) is 0 Å². The lowest BCUT2D eigenvalue weighted by atomic mass is 10.1. The van der Waals surface area contributed by atoms with Crippen molar-refractivity contribution in [1.29, 1.82) is 0 Å². The highest BCUT2D eigenvalue weighted by atomic mass is 35.5. The molecule has 1 aromatic carbocycles. The van der Waals surface area contributed by atoms with Gasteiger partial charge in [0, 0.05) is 31.2 Å². The fourth-order valence-corrected chi connectivity index (χ4v) is 5.19. The standard InChI is InChI=1S/C19H31N3O3S.ClH/c1-4-15-22(17-11-13-20-14-12-17)26(24,25)18-9-7-16(8-10-18)19(23)21(5-2)6-3;/h7-10,17,20H,4-6,11-15H2,1-3H3;1H. The second-order valence-electron chi connectivity index (χ2n) is 6.60. The zero-order valence-corrected chi connectivity index (χ0v) is 18.1. The SMILES string of the molecule is CCCN(C1CCNCC1)S(=O)(=O)c1ccc(C(=O)N(CC)CC)cc1.Cl. The van der Waals surface area contributed by atoms with Crippen LogP contribution in [0.1, 0.15) is 50.4 Å². The molecule has 1 aliphatic rings. The predicted octanol–water partition coefficient (Wildman–Crippen LogP) is 2.74. The molecule has 1 heterocycles. The first-order valence-corrected chi connectivity index (χ1v) is 11.0. The highest BCUT2D eigenvalue weighted by Crippen LogP contribution is 2.23. The van der Waals surface area contributed by atoms with Gasteiger partial charge in [-0.1, -0.05) is 6.92 Å². The van der Waals surface area contributed by atoms with Crippen LogP contribution in [0.15, 0.2) is 29.2 Å². The van der Waals surface area contributed by atoms with Gasteiger partial charge < -0.3 is 10.2 Å². The van der Waals surface area contributed by atoms with Gasteiger partial charge in [0.05, 0.1) is 4.90 Å². The number of sulfonamides is 1. The van der Waals surface area contributed by atoms with Crippen molar-refractivity contribution in [1.82, 2.24) is 14.5 Å². The normalized spacial score (nSPS) is 15.4. The van der Waals surface area contributed by atoms with Crippen molar-refractivity contribution in [3.05, 3.63) is 29.8 Å². The van der Waals surface area contributed by atoms with Crippen molar-refractivity contribution in [2.24, 2.45) is 0 Å². The predicted molar refractivity (Wildman–Crippen MR) is 111 cm³/mol. The van der Waals surface area contributed by atoms with Crippen LogP contribution in [-0.2, 0) is 10.0 Å². The van der Waals surface area contributed by atoms with Crippen molar-refractivity contribution < 1.29 is 13.2 Å². The summed E-state index contributed by atoms with van der Waals surface area (Å²) in [6, 6.07) is 6.42. The summed E-state index contributed by atoms with van der Waals surface area (Å²) < 4.78 is 28.0. The molecular formula is C19H32ClN3O3S. The van der Waals surface area contributed by atoms with Crippen LogP contribution in [-0.4, -0.2) is 62.3 Å². The Bertz CT molecular complexity index is 685. The van der Waals surface area contributed by atoms with Crippen LogP contribution in [0, 0.1) is 0 Å². The molecule has 2 rings (SSSR count). The molecule has 1 aromatic rings. The lowest BCUT2D eigenvalue weighted by molar-refractivity contribution is 0.0773. The highest BCUT2D eigenvalue weighted by Gasteiger charge is 2.31. The maximum absolute atomic E-state index is 13.2. The second-order valence-corrected chi connectivity index (χ2v) is 8.49. The molecule has 8 heteroatoms. The molecule has 0 unspecified atom stereocenters. The van der Waals surface area contributed by atoms with Crippen molar-refractivity contribution in [3.8, 4) is 0 Å². The average molecular weight is 418 g/mol. The topological polar surface area (TPSA) is 69.7 Å². The molecular weight excluding hydrogens is 386 g/mol. The van der Waals surface area contributed by atoms with Crippen LogP contribution >= 0.6 is 12.4 Å². The second kappa shape index (κ2) is 11.0. The monoisotopic (exact) mass is 417 g/mol. The Hall–Kier alpha value is -1.15. The number of nitrogens with one attached hydrogen (secondary N) is 1. The van der Waals surface area contributed by atoms with Crippen LogP contribution in [0.5, 0.6) is 0 Å². The molecule has 0 bridgehead atoms. The average Bonchev–Trinajstić information content (AvgIpc) is 2.67. The van der Waals surface area contributed by atoms with Gasteiger partial charge in [-0.3, -0.25) is 4.79 Å². The van der Waals surface area contributed by atoms with E-state index in [1.54, 1.807) is 33.5 Å². The van der Waals surface area contributed by atoms with E-state index in [2.05, 4.69) is 5.32 Å². The molecule has 1 fully saturated rings. The lowest BCUT2D eigenvalue weighted by Gasteiger charge is -2.33. The van der Waals surface area contributed by atoms with Crippen LogP contribution in [0.2, 0.25) is 0 Å². The first kappa shape index (κ1) is 23.9. The Balaban J connectivity index is 0.00000364. The third kappa shape index (κ3) is 5.67. The molecule has 27 heavy (non-hydrogen) atoms. The molecule has 1 N–H and O–H groups in total. The van der Waals surface area contributed by atoms with Crippen LogP contribution in [0.3, 0.4) is 0 Å². The Morgan fingerprint density at radius 2 is 1.63 bits per heavy atom. The Morgan fingerprint density at radius 3 is 2.11 bits per heavy atom. The number of rotatable bonds is 8. The summed E-state index contributed by atoms with van der Waals surface area (Å²) in [4.78, 5) is 14.4. The summed E-state index contributed by atoms with van der Waals surface area (Å²) in [5, 5.41) is 3.28. The lowest BCUT2D eigenvalue weighted by Crippen LogP contribution is -2.46. The molecule has 1 aliphatic heterocycles. The first-order valence-electron chi connectivity index (χ1n) is 9.57. The van der Waals surface area contributed by atoms with Gasteiger partial charge in [0.1, 0.15) is 0 Å². The van der Waals surface area contributed by atoms with E-state index in [1.165, 1.54) is 0 Å². The number of carbonyl (C=O) groups excluding carboxylic acids is 1. The Kier molecular flexibility index (Phi) is 9.73. The number of benzene rings is 1. The van der Waals surface area contributed by atoms with E-state index in [1.807, 2.05) is 20.8 Å². The van der Waals surface area contributed by atoms with Crippen molar-refractivity contribution >= 4 is 28.3 Å². The minimum atomic E-state index is -3.56. The number of amides is 1. The highest BCUT2D eigenvalue weighted by molar-refractivity contribution is 7.89. The maximum atomic E-state index is 13.2. The zero-order valence-electron chi connectivity index (χ0n) is 16.5. The number of hydrogen-bond acceptors (Lipinski definition) is 4. The number of nitrogens with zero attached hydrogens (tertiary/aromatic N) is 2. The molecule has 0 aromatic heterocycles. The van der Waals surface area contributed by atoms with Gasteiger partial charge in [-0.05, 0) is 70.5 Å². The molecule has 154 valence electrons. The molecule has 1 amide bonds. The summed E-state index contributed by atoms with van der Waals surface area (Å²) in [6.07, 6.45) is 2.44. The summed E-state index contributed by atoms with van der Waals surface area (Å²) in [5.74, 6) is -0.0669. The van der Waals surface area contributed by atoms with Gasteiger partial charge in [-0.2, -0.15) is 4.31 Å². The minimum absolute atomic E-state index is 0. The molecule has 6 nitrogen and oxygen atoms in total. The number of piperidine rings is 1. The maximum Gasteiger partial charge on any atom is 0.253 e. The summed E-state index contributed by atoms with van der Waals surface area (Å²) in [6.45, 7) is 9.34. The quantitative estimate of drug-likeness (QED) is 0.706. The van der Waals surface area contributed by atoms with Crippen LogP contribution in [0.4, 0.5) is 0 Å². The minimum Gasteiger partial charge on any atom is -0.339 e. The van der Waals surface area contributed by atoms with Gasteiger partial charge in [0.25, 0.3) is 5.91 Å². The Labute approximate surface area is 169 Å². The number of carbonyl (C=O) groups is 1. The van der Waals surface area contributed by atoms with Gasteiger partial charge >= 0.3 is 0 Å². The van der Waals surface area contributed by atoms with E-state index in [0.717, 1.165) is 32.4 Å². The summed E-state index contributed by atoms with van der Waals surface area (Å²) in [7, 11) is -3.56. The summed E-state index contributed by atoms with van der Waals surface area (Å²) in [5.41, 5.74) is 0.525. The third-order valence-corrected chi connectivity index (χ3v) is 6.88. The van der Waals surface area contributed by atoms with E-state index in [9.17, 15) is 13.2 Å². The number of hydrogen-bond donors (Lipinski definition) is 1. The van der Waals surface area contributed by atoms with Gasteiger partial charge in [0.15, 0.2) is 0 Å². The van der Waals surface area contributed by atoms with E-state index in [4.69, 9.17) is 0 Å². The Morgan fingerprint density at radius 1 is 1.07 bits per heavy atom. The van der Waals surface area contributed by atoms with Crippen molar-refractivity contribution in [2.45, 2.75) is 51.0 Å². The van der Waals surface area contributed by atoms with E-state index >= 15 is 0 Å². The van der Waals surface area contributed by atoms with Crippen LogP contribution in [0.25, 0.3) is 0 Å². The number of halogens is 1. The first-order chi connectivity index (χ1) is 12.5. The largest absolute Gasteiger partial charge is 0.339 e. The molecule has 0 saturated carbocycles. The van der Waals surface area contributed by atoms with Gasteiger partial charge in [0.2, 0.25) is 10.0 Å². The molecule has 0 spiro atoms. The fraction of sp³-hybridized carbons (Fsp3) is 0.632. The fourth-order valence-electron chi connectivity index (χ4n) is 3.41. The van der Waals surface area contributed by atoms with E-state index < -0.39 is 10.0 Å². The molecule has 0 atom stereocenters. The molecule has 0 radical (unpaired) electrons.